The molecule has 1 fully saturated rings. The highest BCUT2D eigenvalue weighted by molar-refractivity contribution is 6.29. The lowest BCUT2D eigenvalue weighted by Crippen LogP contribution is -2.40. The largest absolute Gasteiger partial charge is 0.480 e. The Hall–Kier alpha value is -1.62. The predicted molar refractivity (Wildman–Crippen MR) is 79.6 cm³/mol. The molecule has 1 N–H and O–H groups in total. The molecule has 21 heavy (non-hydrogen) atoms. The lowest BCUT2D eigenvalue weighted by molar-refractivity contribution is -0.141. The Bertz CT molecular complexity index is 581. The zero-order valence-electron chi connectivity index (χ0n) is 12.4. The Labute approximate surface area is 128 Å². The van der Waals surface area contributed by atoms with E-state index in [4.69, 9.17) is 11.6 Å². The third kappa shape index (κ3) is 3.35. The molecule has 0 bridgehead atoms. The van der Waals surface area contributed by atoms with Crippen molar-refractivity contribution in [2.45, 2.75) is 45.1 Å². The second kappa shape index (κ2) is 5.64. The van der Waals surface area contributed by atoms with Crippen LogP contribution in [0.3, 0.4) is 0 Å². The monoisotopic (exact) mass is 310 g/mol. The zero-order chi connectivity index (χ0) is 15.8. The molecule has 1 aliphatic heterocycles. The van der Waals surface area contributed by atoms with E-state index in [1.807, 2.05) is 20.8 Å². The number of hydrogen-bond acceptors (Lipinski definition) is 3. The summed E-state index contributed by atoms with van der Waals surface area (Å²) >= 11 is 6.01. The van der Waals surface area contributed by atoms with Gasteiger partial charge >= 0.3 is 5.97 Å². The van der Waals surface area contributed by atoms with E-state index in [9.17, 15) is 14.7 Å². The van der Waals surface area contributed by atoms with Gasteiger partial charge in [0.1, 0.15) is 11.2 Å². The molecule has 2 rings (SSSR count). The molecule has 5 nitrogen and oxygen atoms in total. The molecular weight excluding hydrogens is 292 g/mol. The van der Waals surface area contributed by atoms with E-state index in [-0.39, 0.29) is 16.5 Å². The standard InChI is InChI=1S/C15H19ClN2O3/c1-15(2,3)11-7-9(8-12(16)17-11)13(19)18-6-4-5-10(18)14(20)21/h7-8,10H,4-6H2,1-3H3,(H,20,21)/t10-/m1/s1. The van der Waals surface area contributed by atoms with Crippen molar-refractivity contribution in [2.75, 3.05) is 6.54 Å². The molecule has 1 aromatic rings. The van der Waals surface area contributed by atoms with Crippen LogP contribution in [0, 0.1) is 0 Å². The van der Waals surface area contributed by atoms with Crippen molar-refractivity contribution in [1.82, 2.24) is 9.88 Å². The second-order valence-electron chi connectivity index (χ2n) is 6.31. The highest BCUT2D eigenvalue weighted by atomic mass is 35.5. The van der Waals surface area contributed by atoms with Crippen molar-refractivity contribution in [3.8, 4) is 0 Å². The third-order valence-corrected chi connectivity index (χ3v) is 3.80. The molecule has 6 heteroatoms. The summed E-state index contributed by atoms with van der Waals surface area (Å²) in [6, 6.07) is 2.45. The highest BCUT2D eigenvalue weighted by Gasteiger charge is 2.35. The van der Waals surface area contributed by atoms with E-state index in [1.54, 1.807) is 6.07 Å². The Morgan fingerprint density at radius 2 is 2.05 bits per heavy atom. The Morgan fingerprint density at radius 3 is 2.62 bits per heavy atom. The van der Waals surface area contributed by atoms with Crippen LogP contribution >= 0.6 is 11.6 Å². The highest BCUT2D eigenvalue weighted by Crippen LogP contribution is 2.26. The van der Waals surface area contributed by atoms with Gasteiger partial charge in [-0.3, -0.25) is 4.79 Å². The van der Waals surface area contributed by atoms with Gasteiger partial charge in [-0.1, -0.05) is 32.4 Å². The van der Waals surface area contributed by atoms with Crippen molar-refractivity contribution in [1.29, 1.82) is 0 Å². The molecule has 0 unspecified atom stereocenters. The molecule has 0 spiro atoms. The van der Waals surface area contributed by atoms with Crippen LogP contribution in [0.5, 0.6) is 0 Å². The molecule has 0 aliphatic carbocycles. The number of carbonyl (C=O) groups is 2. The number of rotatable bonds is 2. The summed E-state index contributed by atoms with van der Waals surface area (Å²) in [5.74, 6) is -1.26. The normalized spacial score (nSPS) is 18.9. The van der Waals surface area contributed by atoms with Gasteiger partial charge in [-0.2, -0.15) is 0 Å². The number of hydrogen-bond donors (Lipinski definition) is 1. The molecule has 0 radical (unpaired) electrons. The molecule has 1 aliphatic rings. The van der Waals surface area contributed by atoms with Crippen LogP contribution in [-0.4, -0.2) is 39.5 Å². The summed E-state index contributed by atoms with van der Waals surface area (Å²) in [6.45, 7) is 6.40. The summed E-state index contributed by atoms with van der Waals surface area (Å²) in [6.07, 6.45) is 1.19. The molecular formula is C15H19ClN2O3. The average molecular weight is 311 g/mol. The number of amides is 1. The van der Waals surface area contributed by atoms with Crippen molar-refractivity contribution < 1.29 is 14.7 Å². The van der Waals surface area contributed by atoms with Crippen molar-refractivity contribution in [3.63, 3.8) is 0 Å². The van der Waals surface area contributed by atoms with E-state index in [1.165, 1.54) is 11.0 Å². The van der Waals surface area contributed by atoms with Crippen LogP contribution in [0.15, 0.2) is 12.1 Å². The number of carboxylic acids is 1. The molecule has 1 aromatic heterocycles. The number of aliphatic carboxylic acids is 1. The SMILES string of the molecule is CC(C)(C)c1cc(C(=O)N2CCC[C@@H]2C(=O)O)cc(Cl)n1. The molecule has 114 valence electrons. The molecule has 2 heterocycles. The van der Waals surface area contributed by atoms with Gasteiger partial charge in [0.05, 0.1) is 0 Å². The minimum atomic E-state index is -0.961. The van der Waals surface area contributed by atoms with E-state index in [2.05, 4.69) is 4.98 Å². The number of pyridine rings is 1. The zero-order valence-corrected chi connectivity index (χ0v) is 13.1. The minimum Gasteiger partial charge on any atom is -0.480 e. The quantitative estimate of drug-likeness (QED) is 0.853. The van der Waals surface area contributed by atoms with Gasteiger partial charge in [0, 0.05) is 23.2 Å². The molecule has 1 atom stereocenters. The Kier molecular flexibility index (Phi) is 4.23. The number of aromatic nitrogens is 1. The van der Waals surface area contributed by atoms with Gasteiger partial charge in [0.15, 0.2) is 0 Å². The van der Waals surface area contributed by atoms with E-state index >= 15 is 0 Å². The topological polar surface area (TPSA) is 70.5 Å². The van der Waals surface area contributed by atoms with Gasteiger partial charge in [0.2, 0.25) is 0 Å². The number of carboxylic acid groups (broad SMARTS) is 1. The predicted octanol–water partition coefficient (Wildman–Crippen LogP) is 2.72. The summed E-state index contributed by atoms with van der Waals surface area (Å²) in [7, 11) is 0. The summed E-state index contributed by atoms with van der Waals surface area (Å²) in [4.78, 5) is 29.4. The number of likely N-dealkylation sites (tertiary alicyclic amines) is 1. The van der Waals surface area contributed by atoms with Crippen LogP contribution in [0.25, 0.3) is 0 Å². The van der Waals surface area contributed by atoms with E-state index < -0.39 is 12.0 Å². The summed E-state index contributed by atoms with van der Waals surface area (Å²) < 4.78 is 0. The smallest absolute Gasteiger partial charge is 0.326 e. The summed E-state index contributed by atoms with van der Waals surface area (Å²) in [5.41, 5.74) is 0.870. The fourth-order valence-electron chi connectivity index (χ4n) is 2.44. The Morgan fingerprint density at radius 1 is 1.38 bits per heavy atom. The first-order valence-corrected chi connectivity index (χ1v) is 7.30. The molecule has 0 saturated carbocycles. The van der Waals surface area contributed by atoms with E-state index in [0.717, 1.165) is 0 Å². The molecule has 1 saturated heterocycles. The van der Waals surface area contributed by atoms with Crippen LogP contribution in [0.2, 0.25) is 5.15 Å². The first-order chi connectivity index (χ1) is 9.70. The maximum Gasteiger partial charge on any atom is 0.326 e. The van der Waals surface area contributed by atoms with Crippen molar-refractivity contribution in [3.05, 3.63) is 28.5 Å². The Balaban J connectivity index is 2.35. The van der Waals surface area contributed by atoms with Gasteiger partial charge < -0.3 is 10.0 Å². The van der Waals surface area contributed by atoms with E-state index in [0.29, 0.717) is 30.6 Å². The molecule has 0 aromatic carbocycles. The summed E-state index contributed by atoms with van der Waals surface area (Å²) in [5, 5.41) is 9.43. The first kappa shape index (κ1) is 15.8. The lowest BCUT2D eigenvalue weighted by atomic mass is 9.90. The fraction of sp³-hybridized carbons (Fsp3) is 0.533. The van der Waals surface area contributed by atoms with Crippen molar-refractivity contribution in [2.24, 2.45) is 0 Å². The van der Waals surface area contributed by atoms with Crippen molar-refractivity contribution >= 4 is 23.5 Å². The second-order valence-corrected chi connectivity index (χ2v) is 6.70. The van der Waals surface area contributed by atoms with Crippen LogP contribution in [-0.2, 0) is 10.2 Å². The van der Waals surface area contributed by atoms with Crippen LogP contribution < -0.4 is 0 Å². The number of carbonyl (C=O) groups excluding carboxylic acids is 1. The maximum absolute atomic E-state index is 12.6. The third-order valence-electron chi connectivity index (χ3n) is 3.61. The lowest BCUT2D eigenvalue weighted by Gasteiger charge is -2.23. The number of halogens is 1. The number of nitrogens with zero attached hydrogens (tertiary/aromatic N) is 2. The van der Waals surface area contributed by atoms with Crippen LogP contribution in [0.4, 0.5) is 0 Å². The minimum absolute atomic E-state index is 0.239. The average Bonchev–Trinajstić information content (AvgIpc) is 2.85. The van der Waals surface area contributed by atoms with Gasteiger partial charge in [-0.25, -0.2) is 9.78 Å². The fourth-order valence-corrected chi connectivity index (χ4v) is 2.65. The van der Waals surface area contributed by atoms with Gasteiger partial charge in [-0.15, -0.1) is 0 Å². The van der Waals surface area contributed by atoms with Crippen LogP contribution in [0.1, 0.15) is 49.7 Å². The maximum atomic E-state index is 12.6. The van der Waals surface area contributed by atoms with Gasteiger partial charge in [0.25, 0.3) is 5.91 Å². The first-order valence-electron chi connectivity index (χ1n) is 6.92. The van der Waals surface area contributed by atoms with Gasteiger partial charge in [-0.05, 0) is 25.0 Å². The molecule has 1 amide bonds.